The minimum Gasteiger partial charge on any atom is -0.353 e. The largest absolute Gasteiger partial charge is 0.353 e. The number of hydrogen-bond acceptors (Lipinski definition) is 3. The molecule has 4 nitrogen and oxygen atoms in total. The average molecular weight is 261 g/mol. The van der Waals surface area contributed by atoms with Gasteiger partial charge in [0.1, 0.15) is 0 Å². The monoisotopic (exact) mass is 261 g/mol. The van der Waals surface area contributed by atoms with E-state index >= 15 is 0 Å². The average Bonchev–Trinajstić information content (AvgIpc) is 3.18. The molecular weight excluding hydrogens is 238 g/mol. The molecule has 2 rings (SSSR count). The number of carbonyl (C=O) groups excluding carboxylic acids is 1. The lowest BCUT2D eigenvalue weighted by Crippen LogP contribution is -2.36. The van der Waals surface area contributed by atoms with E-state index in [-0.39, 0.29) is 17.9 Å². The highest BCUT2D eigenvalue weighted by molar-refractivity contribution is 5.83. The van der Waals surface area contributed by atoms with E-state index in [0.717, 1.165) is 19.4 Å². The molecule has 0 saturated heterocycles. The molecule has 1 heterocycles. The third-order valence-electron chi connectivity index (χ3n) is 3.64. The molecular formula is C15H23N3O. The highest BCUT2D eigenvalue weighted by Crippen LogP contribution is 2.47. The van der Waals surface area contributed by atoms with Crippen LogP contribution in [0.15, 0.2) is 24.5 Å². The van der Waals surface area contributed by atoms with E-state index in [9.17, 15) is 4.79 Å². The lowest BCUT2D eigenvalue weighted by molar-refractivity contribution is -0.123. The van der Waals surface area contributed by atoms with Gasteiger partial charge in [-0.05, 0) is 58.0 Å². The van der Waals surface area contributed by atoms with Crippen molar-refractivity contribution < 1.29 is 4.79 Å². The van der Waals surface area contributed by atoms with Gasteiger partial charge < -0.3 is 10.2 Å². The molecule has 104 valence electrons. The maximum absolute atomic E-state index is 12.1. The summed E-state index contributed by atoms with van der Waals surface area (Å²) in [5, 5.41) is 3.11. The molecule has 4 heteroatoms. The van der Waals surface area contributed by atoms with Crippen LogP contribution >= 0.6 is 0 Å². The van der Waals surface area contributed by atoms with Crippen LogP contribution < -0.4 is 5.32 Å². The van der Waals surface area contributed by atoms with Gasteiger partial charge in [-0.1, -0.05) is 6.07 Å². The molecule has 1 fully saturated rings. The zero-order chi connectivity index (χ0) is 13.8. The zero-order valence-electron chi connectivity index (χ0n) is 12.0. The van der Waals surface area contributed by atoms with Gasteiger partial charge in [-0.15, -0.1) is 0 Å². The van der Waals surface area contributed by atoms with Crippen molar-refractivity contribution in [3.8, 4) is 0 Å². The van der Waals surface area contributed by atoms with Crippen LogP contribution in [0.4, 0.5) is 0 Å². The van der Waals surface area contributed by atoms with E-state index < -0.39 is 0 Å². The Kier molecular flexibility index (Phi) is 4.53. The van der Waals surface area contributed by atoms with E-state index in [1.165, 1.54) is 5.56 Å². The third-order valence-corrected chi connectivity index (χ3v) is 3.64. The molecule has 0 spiro atoms. The van der Waals surface area contributed by atoms with E-state index in [2.05, 4.69) is 28.2 Å². The Labute approximate surface area is 115 Å². The van der Waals surface area contributed by atoms with Crippen molar-refractivity contribution in [1.29, 1.82) is 0 Å². The summed E-state index contributed by atoms with van der Waals surface area (Å²) in [5.41, 5.74) is 1.18. The summed E-state index contributed by atoms with van der Waals surface area (Å²) in [5.74, 6) is 0.709. The van der Waals surface area contributed by atoms with Crippen molar-refractivity contribution in [2.24, 2.45) is 5.92 Å². The molecule has 1 N–H and O–H groups in total. The summed E-state index contributed by atoms with van der Waals surface area (Å²) in [4.78, 5) is 18.3. The second-order valence-electron chi connectivity index (χ2n) is 5.74. The van der Waals surface area contributed by atoms with Gasteiger partial charge in [0, 0.05) is 24.4 Å². The van der Waals surface area contributed by atoms with Crippen LogP contribution in [-0.4, -0.2) is 42.5 Å². The van der Waals surface area contributed by atoms with E-state index in [0.29, 0.717) is 5.92 Å². The first-order valence-corrected chi connectivity index (χ1v) is 6.93. The van der Waals surface area contributed by atoms with Gasteiger partial charge in [0.2, 0.25) is 5.91 Å². The molecule has 1 amide bonds. The van der Waals surface area contributed by atoms with Gasteiger partial charge in [-0.25, -0.2) is 0 Å². The summed E-state index contributed by atoms with van der Waals surface area (Å²) in [6.07, 6.45) is 5.58. The first-order valence-electron chi connectivity index (χ1n) is 6.93. The van der Waals surface area contributed by atoms with Crippen molar-refractivity contribution in [1.82, 2.24) is 15.2 Å². The van der Waals surface area contributed by atoms with Gasteiger partial charge in [0.15, 0.2) is 0 Å². The number of amides is 1. The van der Waals surface area contributed by atoms with Crippen LogP contribution in [0.3, 0.4) is 0 Å². The SMILES string of the molecule is C[C@H](CCN(C)C)NC(=O)[C@H]1C[C@H]1c1cccnc1. The number of hydrogen-bond donors (Lipinski definition) is 1. The maximum Gasteiger partial charge on any atom is 0.223 e. The number of pyridine rings is 1. The Balaban J connectivity index is 1.77. The molecule has 1 saturated carbocycles. The van der Waals surface area contributed by atoms with Crippen LogP contribution in [-0.2, 0) is 4.79 Å². The van der Waals surface area contributed by atoms with Crippen molar-refractivity contribution >= 4 is 5.91 Å². The van der Waals surface area contributed by atoms with E-state index in [1.54, 1.807) is 6.20 Å². The van der Waals surface area contributed by atoms with Crippen molar-refractivity contribution in [3.63, 3.8) is 0 Å². The summed E-state index contributed by atoms with van der Waals surface area (Å²) in [6.45, 7) is 3.07. The molecule has 0 radical (unpaired) electrons. The Morgan fingerprint density at radius 2 is 2.37 bits per heavy atom. The molecule has 1 aliphatic rings. The second-order valence-corrected chi connectivity index (χ2v) is 5.74. The molecule has 0 aliphatic heterocycles. The van der Waals surface area contributed by atoms with Gasteiger partial charge in [-0.2, -0.15) is 0 Å². The van der Waals surface area contributed by atoms with Crippen molar-refractivity contribution in [3.05, 3.63) is 30.1 Å². The lowest BCUT2D eigenvalue weighted by Gasteiger charge is -2.16. The van der Waals surface area contributed by atoms with Gasteiger partial charge >= 0.3 is 0 Å². The van der Waals surface area contributed by atoms with E-state index in [4.69, 9.17) is 0 Å². The fourth-order valence-corrected chi connectivity index (χ4v) is 2.32. The predicted octanol–water partition coefficient (Wildman–Crippen LogP) is 1.64. The molecule has 1 aromatic heterocycles. The second kappa shape index (κ2) is 6.15. The number of rotatable bonds is 6. The summed E-state index contributed by atoms with van der Waals surface area (Å²) in [6, 6.07) is 4.23. The maximum atomic E-state index is 12.1. The first-order chi connectivity index (χ1) is 9.08. The topological polar surface area (TPSA) is 45.2 Å². The van der Waals surface area contributed by atoms with Gasteiger partial charge in [0.05, 0.1) is 0 Å². The highest BCUT2D eigenvalue weighted by Gasteiger charge is 2.44. The van der Waals surface area contributed by atoms with Gasteiger partial charge in [-0.3, -0.25) is 9.78 Å². The Morgan fingerprint density at radius 3 is 3.00 bits per heavy atom. The smallest absolute Gasteiger partial charge is 0.223 e. The van der Waals surface area contributed by atoms with Crippen LogP contribution in [0.2, 0.25) is 0 Å². The van der Waals surface area contributed by atoms with E-state index in [1.807, 2.05) is 26.4 Å². The molecule has 0 unspecified atom stereocenters. The lowest BCUT2D eigenvalue weighted by atomic mass is 10.1. The quantitative estimate of drug-likeness (QED) is 0.847. The zero-order valence-corrected chi connectivity index (χ0v) is 12.0. The third kappa shape index (κ3) is 4.03. The summed E-state index contributed by atoms with van der Waals surface area (Å²) in [7, 11) is 4.10. The van der Waals surface area contributed by atoms with Crippen molar-refractivity contribution in [2.45, 2.75) is 31.7 Å². The highest BCUT2D eigenvalue weighted by atomic mass is 16.2. The summed E-state index contributed by atoms with van der Waals surface area (Å²) >= 11 is 0. The van der Waals surface area contributed by atoms with Crippen LogP contribution in [0.1, 0.15) is 31.2 Å². The molecule has 0 bridgehead atoms. The fourth-order valence-electron chi connectivity index (χ4n) is 2.32. The van der Waals surface area contributed by atoms with Crippen LogP contribution in [0.25, 0.3) is 0 Å². The Hall–Kier alpha value is -1.42. The number of nitrogens with one attached hydrogen (secondary N) is 1. The van der Waals surface area contributed by atoms with Crippen LogP contribution in [0.5, 0.6) is 0 Å². The number of aromatic nitrogens is 1. The molecule has 3 atom stereocenters. The molecule has 19 heavy (non-hydrogen) atoms. The standard InChI is InChI=1S/C15H23N3O/c1-11(6-8-18(2)3)17-15(19)14-9-13(14)12-5-4-7-16-10-12/h4-5,7,10-11,13-14H,6,8-9H2,1-3H3,(H,17,19)/t11-,13+,14+/m1/s1. The molecule has 0 aromatic carbocycles. The predicted molar refractivity (Wildman–Crippen MR) is 75.9 cm³/mol. The minimum absolute atomic E-state index is 0.144. The Bertz CT molecular complexity index is 419. The van der Waals surface area contributed by atoms with Crippen LogP contribution in [0, 0.1) is 5.92 Å². The first kappa shape index (κ1) is 14.0. The van der Waals surface area contributed by atoms with Gasteiger partial charge in [0.25, 0.3) is 0 Å². The fraction of sp³-hybridized carbons (Fsp3) is 0.600. The Morgan fingerprint density at radius 1 is 1.58 bits per heavy atom. The number of carbonyl (C=O) groups is 1. The minimum atomic E-state index is 0.144. The molecule has 1 aliphatic carbocycles. The number of nitrogens with zero attached hydrogens (tertiary/aromatic N) is 2. The normalized spacial score (nSPS) is 23.2. The summed E-state index contributed by atoms with van der Waals surface area (Å²) < 4.78 is 0. The molecule has 1 aromatic rings. The van der Waals surface area contributed by atoms with Crippen molar-refractivity contribution in [2.75, 3.05) is 20.6 Å².